The second-order valence-corrected chi connectivity index (χ2v) is 7.99. The van der Waals surface area contributed by atoms with Crippen LogP contribution in [0.3, 0.4) is 0 Å². The molecule has 8 heteroatoms. The lowest BCUT2D eigenvalue weighted by atomic mass is 10.0. The fraction of sp³-hybridized carbons (Fsp3) is 0.450. The van der Waals surface area contributed by atoms with Crippen molar-refractivity contribution in [3.63, 3.8) is 0 Å². The molecule has 1 fully saturated rings. The molecule has 28 heavy (non-hydrogen) atoms. The van der Waals surface area contributed by atoms with Crippen LogP contribution < -0.4 is 10.2 Å². The minimum atomic E-state index is 0.423. The molecule has 0 radical (unpaired) electrons. The predicted octanol–water partition coefficient (Wildman–Crippen LogP) is 2.99. The van der Waals surface area contributed by atoms with E-state index in [9.17, 15) is 0 Å². The zero-order chi connectivity index (χ0) is 19.5. The maximum atomic E-state index is 6.20. The van der Waals surface area contributed by atoms with Gasteiger partial charge in [-0.15, -0.1) is 0 Å². The van der Waals surface area contributed by atoms with Gasteiger partial charge in [-0.2, -0.15) is 5.10 Å². The molecule has 2 atom stereocenters. The third kappa shape index (κ3) is 4.06. The number of hydrogen-bond donors (Lipinski definition) is 1. The molecule has 6 nitrogen and oxygen atoms in total. The molecular weight excluding hydrogens is 394 g/mol. The first-order chi connectivity index (χ1) is 13.6. The van der Waals surface area contributed by atoms with Crippen LogP contribution in [0.2, 0.25) is 5.02 Å². The minimum Gasteiger partial charge on any atom is -0.489 e. The molecule has 0 spiro atoms. The van der Waals surface area contributed by atoms with Gasteiger partial charge in [0, 0.05) is 44.3 Å². The maximum absolute atomic E-state index is 6.20. The molecule has 2 aliphatic heterocycles. The van der Waals surface area contributed by atoms with E-state index in [1.165, 1.54) is 0 Å². The summed E-state index contributed by atoms with van der Waals surface area (Å²) in [5.41, 5.74) is 4.56. The van der Waals surface area contributed by atoms with Crippen LogP contribution in [0.5, 0.6) is 5.75 Å². The number of halogens is 1. The molecule has 0 bridgehead atoms. The number of thiocarbonyl (C=S) groups is 1. The predicted molar refractivity (Wildman–Crippen MR) is 116 cm³/mol. The monoisotopic (exact) mass is 417 g/mol. The first kappa shape index (κ1) is 19.4. The van der Waals surface area contributed by atoms with Crippen molar-refractivity contribution in [1.29, 1.82) is 0 Å². The molecule has 0 saturated carbocycles. The van der Waals surface area contributed by atoms with Gasteiger partial charge in [-0.25, -0.2) is 0 Å². The number of nitrogens with zero attached hydrogens (tertiary/aromatic N) is 4. The highest BCUT2D eigenvalue weighted by atomic mass is 35.5. The summed E-state index contributed by atoms with van der Waals surface area (Å²) in [6.07, 6.45) is 12.2. The van der Waals surface area contributed by atoms with Gasteiger partial charge in [0.2, 0.25) is 0 Å². The average Bonchev–Trinajstić information content (AvgIpc) is 2.73. The SMILES string of the molecule is CC1CN(C(=S)N/N=C2/CCOc3c(Cl)ccnc32)CCN1C1C=CC=CC1. The van der Waals surface area contributed by atoms with Gasteiger partial charge in [-0.05, 0) is 31.6 Å². The van der Waals surface area contributed by atoms with Gasteiger partial charge in [0.05, 0.1) is 17.3 Å². The van der Waals surface area contributed by atoms with Crippen LogP contribution in [0.4, 0.5) is 0 Å². The number of fused-ring (bicyclic) bond motifs is 1. The Morgan fingerprint density at radius 3 is 3.07 bits per heavy atom. The summed E-state index contributed by atoms with van der Waals surface area (Å²) in [7, 11) is 0. The Morgan fingerprint density at radius 2 is 2.29 bits per heavy atom. The Bertz CT molecular complexity index is 840. The highest BCUT2D eigenvalue weighted by Crippen LogP contribution is 2.30. The number of pyridine rings is 1. The quantitative estimate of drug-likeness (QED) is 0.589. The largest absolute Gasteiger partial charge is 0.489 e. The summed E-state index contributed by atoms with van der Waals surface area (Å²) < 4.78 is 5.63. The van der Waals surface area contributed by atoms with Crippen molar-refractivity contribution in [2.24, 2.45) is 5.10 Å². The van der Waals surface area contributed by atoms with Crippen molar-refractivity contribution in [3.8, 4) is 5.75 Å². The fourth-order valence-corrected chi connectivity index (χ4v) is 4.30. The van der Waals surface area contributed by atoms with Gasteiger partial charge in [0.25, 0.3) is 0 Å². The van der Waals surface area contributed by atoms with E-state index in [4.69, 9.17) is 28.6 Å². The number of hydrazone groups is 1. The smallest absolute Gasteiger partial charge is 0.189 e. The summed E-state index contributed by atoms with van der Waals surface area (Å²) in [6, 6.07) is 2.63. The van der Waals surface area contributed by atoms with E-state index in [1.807, 2.05) is 0 Å². The molecule has 0 aromatic carbocycles. The molecule has 1 N–H and O–H groups in total. The summed E-state index contributed by atoms with van der Waals surface area (Å²) in [5.74, 6) is 0.596. The number of nitrogens with one attached hydrogen (secondary N) is 1. The van der Waals surface area contributed by atoms with Crippen molar-refractivity contribution >= 4 is 34.6 Å². The summed E-state index contributed by atoms with van der Waals surface area (Å²) in [5, 5.41) is 5.72. The normalized spacial score (nSPS) is 26.1. The molecule has 1 aromatic rings. The second kappa shape index (κ2) is 8.59. The highest BCUT2D eigenvalue weighted by Gasteiger charge is 2.29. The molecule has 148 valence electrons. The fourth-order valence-electron chi connectivity index (χ4n) is 3.89. The maximum Gasteiger partial charge on any atom is 0.189 e. The van der Waals surface area contributed by atoms with Crippen molar-refractivity contribution in [2.75, 3.05) is 26.2 Å². The lowest BCUT2D eigenvalue weighted by Crippen LogP contribution is -2.57. The van der Waals surface area contributed by atoms with Crippen molar-refractivity contribution < 1.29 is 4.74 Å². The third-order valence-electron chi connectivity index (χ3n) is 5.35. The topological polar surface area (TPSA) is 53.0 Å². The number of allylic oxidation sites excluding steroid dienone is 2. The van der Waals surface area contributed by atoms with Gasteiger partial charge >= 0.3 is 0 Å². The molecule has 1 aromatic heterocycles. The molecular formula is C20H24ClN5OS. The standard InChI is InChI=1S/C20H24ClN5OS/c1-14-13-25(10-11-26(14)15-5-3-2-4-6-15)20(28)24-23-17-8-12-27-19-16(21)7-9-22-18(17)19/h2-5,7,9,14-15H,6,8,10-13H2,1H3,(H,24,28)/b23-17-. The Kier molecular flexibility index (Phi) is 5.94. The van der Waals surface area contributed by atoms with Crippen molar-refractivity contribution in [1.82, 2.24) is 20.2 Å². The van der Waals surface area contributed by atoms with E-state index < -0.39 is 0 Å². The van der Waals surface area contributed by atoms with Crippen LogP contribution in [0, 0.1) is 0 Å². The van der Waals surface area contributed by atoms with Crippen LogP contribution in [0.1, 0.15) is 25.5 Å². The molecule has 2 unspecified atom stereocenters. The highest BCUT2D eigenvalue weighted by molar-refractivity contribution is 7.80. The van der Waals surface area contributed by atoms with Gasteiger partial charge in [-0.1, -0.05) is 35.9 Å². The average molecular weight is 418 g/mol. The minimum absolute atomic E-state index is 0.423. The van der Waals surface area contributed by atoms with Crippen LogP contribution in [-0.2, 0) is 0 Å². The van der Waals surface area contributed by atoms with Crippen LogP contribution in [-0.4, -0.2) is 63.9 Å². The molecule has 3 aliphatic rings. The molecule has 4 rings (SSSR count). The van der Waals surface area contributed by atoms with Gasteiger partial charge in [-0.3, -0.25) is 15.3 Å². The second-order valence-electron chi connectivity index (χ2n) is 7.19. The lowest BCUT2D eigenvalue weighted by Gasteiger charge is -2.44. The zero-order valence-corrected chi connectivity index (χ0v) is 17.4. The number of rotatable bonds is 2. The number of ether oxygens (including phenoxy) is 1. The number of piperazine rings is 1. The van der Waals surface area contributed by atoms with Gasteiger partial charge < -0.3 is 9.64 Å². The first-order valence-corrected chi connectivity index (χ1v) is 10.4. The zero-order valence-electron chi connectivity index (χ0n) is 15.8. The first-order valence-electron chi connectivity index (χ1n) is 9.61. The van der Waals surface area contributed by atoms with E-state index in [0.29, 0.717) is 46.7 Å². The van der Waals surface area contributed by atoms with Crippen LogP contribution in [0.15, 0.2) is 41.7 Å². The lowest BCUT2D eigenvalue weighted by molar-refractivity contribution is 0.0969. The summed E-state index contributed by atoms with van der Waals surface area (Å²) in [4.78, 5) is 9.11. The van der Waals surface area contributed by atoms with Gasteiger partial charge in [0.15, 0.2) is 10.9 Å². The number of aromatic nitrogens is 1. The van der Waals surface area contributed by atoms with Crippen LogP contribution in [0.25, 0.3) is 0 Å². The van der Waals surface area contributed by atoms with Crippen molar-refractivity contribution in [3.05, 3.63) is 47.3 Å². The summed E-state index contributed by atoms with van der Waals surface area (Å²) in [6.45, 7) is 5.54. The van der Waals surface area contributed by atoms with E-state index in [-0.39, 0.29) is 0 Å². The number of hydrogen-bond acceptors (Lipinski definition) is 5. The Hall–Kier alpha value is -1.96. The van der Waals surface area contributed by atoms with Gasteiger partial charge in [0.1, 0.15) is 5.69 Å². The molecule has 1 aliphatic carbocycles. The van der Waals surface area contributed by atoms with Crippen LogP contribution >= 0.6 is 23.8 Å². The Balaban J connectivity index is 1.38. The third-order valence-corrected chi connectivity index (χ3v) is 6.00. The van der Waals surface area contributed by atoms with E-state index >= 15 is 0 Å². The van der Waals surface area contributed by atoms with E-state index in [2.05, 4.69) is 56.5 Å². The van der Waals surface area contributed by atoms with Crippen molar-refractivity contribution in [2.45, 2.75) is 31.8 Å². The Labute approximate surface area is 175 Å². The summed E-state index contributed by atoms with van der Waals surface area (Å²) >= 11 is 11.8. The van der Waals surface area contributed by atoms with E-state index in [1.54, 1.807) is 12.3 Å². The van der Waals surface area contributed by atoms with E-state index in [0.717, 1.165) is 31.8 Å². The molecule has 3 heterocycles. The molecule has 1 saturated heterocycles. The Morgan fingerprint density at radius 1 is 1.39 bits per heavy atom. The molecule has 0 amide bonds.